The highest BCUT2D eigenvalue weighted by Gasteiger charge is 2.44. The number of carboxylic acid groups (broad SMARTS) is 1. The maximum absolute atomic E-state index is 13.9. The maximum Gasteiger partial charge on any atom is 0.317 e. The van der Waals surface area contributed by atoms with Crippen molar-refractivity contribution < 1.29 is 19.1 Å². The Bertz CT molecular complexity index is 703. The fraction of sp³-hybridized carbons (Fsp3) is 0.636. The van der Waals surface area contributed by atoms with Gasteiger partial charge in [-0.15, -0.1) is 0 Å². The second kappa shape index (κ2) is 9.03. The number of nitrogens with zero attached hydrogens (tertiary/aromatic N) is 2. The lowest BCUT2D eigenvalue weighted by molar-refractivity contribution is -0.140. The predicted octanol–water partition coefficient (Wildman–Crippen LogP) is 3.43. The number of hydrogen-bond acceptors (Lipinski definition) is 3. The fourth-order valence-corrected chi connectivity index (χ4v) is 4.94. The summed E-state index contributed by atoms with van der Waals surface area (Å²) in [5.41, 5.74) is 0.189. The summed E-state index contributed by atoms with van der Waals surface area (Å²) in [5, 5.41) is 9.04. The number of amides is 1. The van der Waals surface area contributed by atoms with Gasteiger partial charge < -0.3 is 10.0 Å². The Balaban J connectivity index is 1.77. The molecule has 1 heterocycles. The lowest BCUT2D eigenvalue weighted by atomic mass is 9.68. The molecule has 1 aliphatic heterocycles. The van der Waals surface area contributed by atoms with Gasteiger partial charge in [0.05, 0.1) is 12.0 Å². The smallest absolute Gasteiger partial charge is 0.317 e. The minimum absolute atomic E-state index is 0.0197. The highest BCUT2D eigenvalue weighted by Crippen LogP contribution is 2.41. The van der Waals surface area contributed by atoms with Crippen molar-refractivity contribution in [2.75, 3.05) is 26.7 Å². The van der Waals surface area contributed by atoms with Crippen LogP contribution in [0.3, 0.4) is 0 Å². The summed E-state index contributed by atoms with van der Waals surface area (Å²) in [7, 11) is 1.84. The number of hydrogen-bond donors (Lipinski definition) is 1. The molecule has 1 aromatic carbocycles. The van der Waals surface area contributed by atoms with Crippen molar-refractivity contribution in [1.82, 2.24) is 9.80 Å². The Labute approximate surface area is 166 Å². The number of likely N-dealkylation sites (tertiary alicyclic amines) is 1. The number of likely N-dealkylation sites (N-methyl/N-ethyl adjacent to an activating group) is 1. The first kappa shape index (κ1) is 20.8. The first-order valence-corrected chi connectivity index (χ1v) is 10.4. The topological polar surface area (TPSA) is 60.9 Å². The van der Waals surface area contributed by atoms with Crippen LogP contribution in [0.2, 0.25) is 0 Å². The molecule has 1 atom stereocenters. The van der Waals surface area contributed by atoms with Gasteiger partial charge in [-0.3, -0.25) is 14.5 Å². The van der Waals surface area contributed by atoms with Crippen LogP contribution in [-0.4, -0.2) is 59.5 Å². The maximum atomic E-state index is 13.9. The molecular weight excluding hydrogens is 359 g/mol. The highest BCUT2D eigenvalue weighted by atomic mass is 19.1. The third kappa shape index (κ3) is 4.54. The number of carboxylic acids is 1. The Morgan fingerprint density at radius 3 is 2.61 bits per heavy atom. The number of halogens is 1. The number of aliphatic carboxylic acids is 1. The molecule has 1 aromatic rings. The van der Waals surface area contributed by atoms with Gasteiger partial charge in [0.2, 0.25) is 5.91 Å². The Kier molecular flexibility index (Phi) is 6.70. The molecule has 0 bridgehead atoms. The fourth-order valence-electron chi connectivity index (χ4n) is 4.94. The molecular formula is C22H31FN2O3. The lowest BCUT2D eigenvalue weighted by Gasteiger charge is -2.40. The van der Waals surface area contributed by atoms with Crippen LogP contribution in [0.1, 0.15) is 56.9 Å². The van der Waals surface area contributed by atoms with Gasteiger partial charge in [0.15, 0.2) is 0 Å². The van der Waals surface area contributed by atoms with Crippen LogP contribution in [0.25, 0.3) is 0 Å². The van der Waals surface area contributed by atoms with Crippen LogP contribution in [0.5, 0.6) is 0 Å². The zero-order valence-corrected chi connectivity index (χ0v) is 16.7. The van der Waals surface area contributed by atoms with Crippen LogP contribution in [0.4, 0.5) is 4.39 Å². The van der Waals surface area contributed by atoms with Crippen molar-refractivity contribution in [3.63, 3.8) is 0 Å². The van der Waals surface area contributed by atoms with Crippen molar-refractivity contribution >= 4 is 11.9 Å². The average Bonchev–Trinajstić information content (AvgIpc) is 2.94. The number of carbonyl (C=O) groups excluding carboxylic acids is 1. The normalized spacial score (nSPS) is 22.7. The third-order valence-electron chi connectivity index (χ3n) is 6.49. The molecule has 154 valence electrons. The molecule has 0 radical (unpaired) electrons. The largest absolute Gasteiger partial charge is 0.480 e. The standard InChI is InChI=1S/C22H31FN2O3/c1-24(16-20(26)27)19-9-6-13-25(14-10-19)21(28)22(11-3-2-4-12-22)17-7-5-8-18(23)15-17/h5,7-8,15,19H,2-4,6,9-14,16H2,1H3,(H,26,27). The monoisotopic (exact) mass is 390 g/mol. The molecule has 1 unspecified atom stereocenters. The molecule has 6 heteroatoms. The van der Waals surface area contributed by atoms with E-state index in [1.807, 2.05) is 22.9 Å². The average molecular weight is 390 g/mol. The van der Waals surface area contributed by atoms with E-state index in [2.05, 4.69) is 0 Å². The van der Waals surface area contributed by atoms with E-state index in [-0.39, 0.29) is 24.3 Å². The molecule has 0 aromatic heterocycles. The van der Waals surface area contributed by atoms with Gasteiger partial charge in [-0.1, -0.05) is 31.4 Å². The number of carbonyl (C=O) groups is 2. The van der Waals surface area contributed by atoms with Crippen molar-refractivity contribution in [2.45, 2.75) is 62.8 Å². The van der Waals surface area contributed by atoms with E-state index in [0.29, 0.717) is 13.1 Å². The SMILES string of the molecule is CN(CC(=O)O)C1CCCN(C(=O)C2(c3cccc(F)c3)CCCCC2)CC1. The predicted molar refractivity (Wildman–Crippen MR) is 106 cm³/mol. The van der Waals surface area contributed by atoms with Gasteiger partial charge in [-0.25, -0.2) is 4.39 Å². The zero-order valence-electron chi connectivity index (χ0n) is 16.7. The molecule has 1 amide bonds. The highest BCUT2D eigenvalue weighted by molar-refractivity contribution is 5.88. The summed E-state index contributed by atoms with van der Waals surface area (Å²) < 4.78 is 13.9. The summed E-state index contributed by atoms with van der Waals surface area (Å²) in [6.45, 7) is 1.34. The second-order valence-corrected chi connectivity index (χ2v) is 8.34. The Hall–Kier alpha value is -1.95. The van der Waals surface area contributed by atoms with Gasteiger partial charge in [0.1, 0.15) is 5.82 Å². The first-order valence-electron chi connectivity index (χ1n) is 10.4. The Morgan fingerprint density at radius 2 is 1.93 bits per heavy atom. The van der Waals surface area contributed by atoms with E-state index in [1.54, 1.807) is 6.07 Å². The van der Waals surface area contributed by atoms with Gasteiger partial charge >= 0.3 is 5.97 Å². The first-order chi connectivity index (χ1) is 13.4. The van der Waals surface area contributed by atoms with E-state index in [9.17, 15) is 14.0 Å². The van der Waals surface area contributed by atoms with Gasteiger partial charge in [-0.2, -0.15) is 0 Å². The van der Waals surface area contributed by atoms with Gasteiger partial charge in [0.25, 0.3) is 0 Å². The summed E-state index contributed by atoms with van der Waals surface area (Å²) >= 11 is 0. The lowest BCUT2D eigenvalue weighted by Crippen LogP contribution is -2.48. The Morgan fingerprint density at radius 1 is 1.18 bits per heavy atom. The van der Waals surface area contributed by atoms with Crippen LogP contribution in [0.15, 0.2) is 24.3 Å². The van der Waals surface area contributed by atoms with E-state index in [4.69, 9.17) is 5.11 Å². The molecule has 1 saturated heterocycles. The van der Waals surface area contributed by atoms with Crippen molar-refractivity contribution in [2.24, 2.45) is 0 Å². The summed E-state index contributed by atoms with van der Waals surface area (Å²) in [6.07, 6.45) is 7.16. The van der Waals surface area contributed by atoms with E-state index < -0.39 is 11.4 Å². The van der Waals surface area contributed by atoms with Crippen LogP contribution in [-0.2, 0) is 15.0 Å². The van der Waals surface area contributed by atoms with Gasteiger partial charge in [0, 0.05) is 19.1 Å². The third-order valence-corrected chi connectivity index (χ3v) is 6.49. The molecule has 28 heavy (non-hydrogen) atoms. The minimum Gasteiger partial charge on any atom is -0.480 e. The van der Waals surface area contributed by atoms with Crippen molar-refractivity contribution in [3.05, 3.63) is 35.6 Å². The summed E-state index contributed by atoms with van der Waals surface area (Å²) in [4.78, 5) is 28.5. The van der Waals surface area contributed by atoms with E-state index in [1.165, 1.54) is 12.1 Å². The molecule has 2 fully saturated rings. The second-order valence-electron chi connectivity index (χ2n) is 8.34. The summed E-state index contributed by atoms with van der Waals surface area (Å²) in [5.74, 6) is -0.993. The van der Waals surface area contributed by atoms with Crippen molar-refractivity contribution in [3.8, 4) is 0 Å². The molecule has 5 nitrogen and oxygen atoms in total. The minimum atomic E-state index is -0.827. The molecule has 1 N–H and O–H groups in total. The molecule has 0 spiro atoms. The van der Waals surface area contributed by atoms with E-state index in [0.717, 1.165) is 56.9 Å². The number of rotatable bonds is 5. The molecule has 1 saturated carbocycles. The van der Waals surface area contributed by atoms with Crippen LogP contribution < -0.4 is 0 Å². The molecule has 3 rings (SSSR count). The molecule has 2 aliphatic rings. The zero-order chi connectivity index (χ0) is 20.1. The van der Waals surface area contributed by atoms with E-state index >= 15 is 0 Å². The number of benzene rings is 1. The summed E-state index contributed by atoms with van der Waals surface area (Å²) in [6, 6.07) is 6.73. The van der Waals surface area contributed by atoms with Crippen LogP contribution >= 0.6 is 0 Å². The quantitative estimate of drug-likeness (QED) is 0.837. The van der Waals surface area contributed by atoms with Crippen LogP contribution in [0, 0.1) is 5.82 Å². The molecule has 1 aliphatic carbocycles. The van der Waals surface area contributed by atoms with Gasteiger partial charge in [-0.05, 0) is 56.8 Å². The van der Waals surface area contributed by atoms with Crippen molar-refractivity contribution in [1.29, 1.82) is 0 Å².